The second-order valence-corrected chi connectivity index (χ2v) is 5.39. The molecule has 1 aliphatic rings. The van der Waals surface area contributed by atoms with Crippen LogP contribution in [-0.4, -0.2) is 48.7 Å². The second-order valence-electron chi connectivity index (χ2n) is 5.39. The molecule has 106 valence electrons. The van der Waals surface area contributed by atoms with Crippen LogP contribution < -0.4 is 10.1 Å². The van der Waals surface area contributed by atoms with Crippen LogP contribution in [-0.2, 0) is 0 Å². The van der Waals surface area contributed by atoms with E-state index in [1.54, 1.807) is 13.4 Å². The van der Waals surface area contributed by atoms with Gasteiger partial charge in [0, 0.05) is 6.54 Å². The summed E-state index contributed by atoms with van der Waals surface area (Å²) in [5.74, 6) is 1.18. The molecule has 5 nitrogen and oxygen atoms in total. The van der Waals surface area contributed by atoms with Crippen molar-refractivity contribution < 1.29 is 4.74 Å². The lowest BCUT2D eigenvalue weighted by Gasteiger charge is -2.27. The summed E-state index contributed by atoms with van der Waals surface area (Å²) in [4.78, 5) is 11.2. The van der Waals surface area contributed by atoms with Crippen molar-refractivity contribution in [3.05, 3.63) is 17.7 Å². The third-order valence-electron chi connectivity index (χ3n) is 3.66. The van der Waals surface area contributed by atoms with Gasteiger partial charge in [0.25, 0.3) is 0 Å². The zero-order valence-corrected chi connectivity index (χ0v) is 12.3. The van der Waals surface area contributed by atoms with Gasteiger partial charge in [0.05, 0.1) is 18.8 Å². The molecule has 1 aliphatic heterocycles. The Morgan fingerprint density at radius 2 is 2.21 bits per heavy atom. The van der Waals surface area contributed by atoms with Crippen molar-refractivity contribution in [2.75, 3.05) is 33.8 Å². The molecule has 1 unspecified atom stereocenters. The van der Waals surface area contributed by atoms with Gasteiger partial charge in [0.1, 0.15) is 12.0 Å². The third kappa shape index (κ3) is 3.04. The summed E-state index contributed by atoms with van der Waals surface area (Å²) in [5, 5.41) is 3.47. The Balaban J connectivity index is 2.39. The Morgan fingerprint density at radius 3 is 2.89 bits per heavy atom. The van der Waals surface area contributed by atoms with Crippen LogP contribution in [0.4, 0.5) is 0 Å². The normalized spacial score (nSPS) is 21.4. The highest BCUT2D eigenvalue weighted by molar-refractivity contribution is 5.36. The third-order valence-corrected chi connectivity index (χ3v) is 3.66. The molecule has 1 aromatic rings. The summed E-state index contributed by atoms with van der Waals surface area (Å²) in [6, 6.07) is 0.248. The zero-order chi connectivity index (χ0) is 13.8. The second kappa shape index (κ2) is 6.30. The lowest BCUT2D eigenvalue weighted by molar-refractivity contribution is 0.248. The van der Waals surface area contributed by atoms with Gasteiger partial charge in [-0.05, 0) is 32.5 Å². The van der Waals surface area contributed by atoms with E-state index in [0.29, 0.717) is 5.92 Å². The average Bonchev–Trinajstić information content (AvgIpc) is 2.62. The highest BCUT2D eigenvalue weighted by Crippen LogP contribution is 2.32. The van der Waals surface area contributed by atoms with Crippen molar-refractivity contribution in [2.24, 2.45) is 0 Å². The zero-order valence-electron chi connectivity index (χ0n) is 12.3. The summed E-state index contributed by atoms with van der Waals surface area (Å²) >= 11 is 0. The first-order chi connectivity index (χ1) is 9.15. The summed E-state index contributed by atoms with van der Waals surface area (Å²) in [6.45, 7) is 7.29. The smallest absolute Gasteiger partial charge is 0.163 e. The standard InChI is InChI=1S/C14H24N4O/c1-10(2)12-14(19-4)13(17-9-16-12)11-8-15-6-5-7-18(11)3/h9-11,15H,5-8H2,1-4H3. The maximum Gasteiger partial charge on any atom is 0.163 e. The largest absolute Gasteiger partial charge is 0.493 e. The number of methoxy groups -OCH3 is 1. The van der Waals surface area contributed by atoms with Gasteiger partial charge >= 0.3 is 0 Å². The van der Waals surface area contributed by atoms with Gasteiger partial charge in [-0.15, -0.1) is 0 Å². The van der Waals surface area contributed by atoms with Crippen LogP contribution in [0, 0.1) is 0 Å². The first-order valence-electron chi connectivity index (χ1n) is 6.95. The lowest BCUT2D eigenvalue weighted by Crippen LogP contribution is -2.31. The number of ether oxygens (including phenoxy) is 1. The van der Waals surface area contributed by atoms with Gasteiger partial charge < -0.3 is 10.1 Å². The van der Waals surface area contributed by atoms with E-state index in [0.717, 1.165) is 43.2 Å². The Hall–Kier alpha value is -1.20. The van der Waals surface area contributed by atoms with E-state index in [1.165, 1.54) is 0 Å². The Morgan fingerprint density at radius 1 is 1.42 bits per heavy atom. The average molecular weight is 264 g/mol. The van der Waals surface area contributed by atoms with Gasteiger partial charge in [-0.1, -0.05) is 13.8 Å². The highest BCUT2D eigenvalue weighted by Gasteiger charge is 2.26. The fourth-order valence-electron chi connectivity index (χ4n) is 2.57. The van der Waals surface area contributed by atoms with Crippen LogP contribution in [0.5, 0.6) is 5.75 Å². The molecule has 1 fully saturated rings. The summed E-state index contributed by atoms with van der Waals surface area (Å²) in [6.07, 6.45) is 2.82. The van der Waals surface area contributed by atoms with Crippen molar-refractivity contribution in [3.8, 4) is 5.75 Å². The number of rotatable bonds is 3. The molecule has 0 amide bonds. The predicted molar refractivity (Wildman–Crippen MR) is 75.5 cm³/mol. The van der Waals surface area contributed by atoms with Crippen LogP contribution in [0.15, 0.2) is 6.33 Å². The van der Waals surface area contributed by atoms with Crippen LogP contribution in [0.1, 0.15) is 43.6 Å². The molecule has 1 N–H and O–H groups in total. The number of nitrogens with one attached hydrogen (secondary N) is 1. The molecule has 0 spiro atoms. The van der Waals surface area contributed by atoms with E-state index in [1.807, 2.05) is 0 Å². The summed E-state index contributed by atoms with van der Waals surface area (Å²) in [5.41, 5.74) is 1.99. The van der Waals surface area contributed by atoms with E-state index in [-0.39, 0.29) is 6.04 Å². The number of nitrogens with zero attached hydrogens (tertiary/aromatic N) is 3. The number of likely N-dealkylation sites (N-methyl/N-ethyl adjacent to an activating group) is 1. The van der Waals surface area contributed by atoms with E-state index >= 15 is 0 Å². The molecule has 0 saturated carbocycles. The Kier molecular flexibility index (Phi) is 4.71. The van der Waals surface area contributed by atoms with Gasteiger partial charge in [-0.2, -0.15) is 0 Å². The van der Waals surface area contributed by atoms with E-state index in [2.05, 4.69) is 41.1 Å². The molecule has 0 aliphatic carbocycles. The Labute approximate surface area is 115 Å². The summed E-state index contributed by atoms with van der Waals surface area (Å²) < 4.78 is 5.60. The van der Waals surface area contributed by atoms with Crippen LogP contribution >= 0.6 is 0 Å². The van der Waals surface area contributed by atoms with Gasteiger partial charge in [-0.3, -0.25) is 4.90 Å². The van der Waals surface area contributed by atoms with Gasteiger partial charge in [0.2, 0.25) is 0 Å². The topological polar surface area (TPSA) is 50.3 Å². The predicted octanol–water partition coefficient (Wildman–Crippen LogP) is 1.57. The molecular formula is C14H24N4O. The molecule has 1 saturated heterocycles. The van der Waals surface area contributed by atoms with Crippen molar-refractivity contribution in [2.45, 2.75) is 32.2 Å². The fourth-order valence-corrected chi connectivity index (χ4v) is 2.57. The maximum absolute atomic E-state index is 5.60. The molecule has 19 heavy (non-hydrogen) atoms. The molecule has 0 bridgehead atoms. The first kappa shape index (κ1) is 14.2. The quantitative estimate of drug-likeness (QED) is 0.898. The molecule has 5 heteroatoms. The summed E-state index contributed by atoms with van der Waals surface area (Å²) in [7, 11) is 3.85. The fraction of sp³-hybridized carbons (Fsp3) is 0.714. The number of aromatic nitrogens is 2. The van der Waals surface area contributed by atoms with Crippen LogP contribution in [0.2, 0.25) is 0 Å². The van der Waals surface area contributed by atoms with Crippen molar-refractivity contribution >= 4 is 0 Å². The highest BCUT2D eigenvalue weighted by atomic mass is 16.5. The minimum absolute atomic E-state index is 0.248. The van der Waals surface area contributed by atoms with Crippen LogP contribution in [0.3, 0.4) is 0 Å². The molecule has 0 radical (unpaired) electrons. The number of hydrogen-bond donors (Lipinski definition) is 1. The van der Waals surface area contributed by atoms with Crippen molar-refractivity contribution in [3.63, 3.8) is 0 Å². The first-order valence-corrected chi connectivity index (χ1v) is 6.95. The molecule has 2 heterocycles. The molecule has 2 rings (SSSR count). The molecule has 1 atom stereocenters. The number of hydrogen-bond acceptors (Lipinski definition) is 5. The molecule has 1 aromatic heterocycles. The van der Waals surface area contributed by atoms with E-state index < -0.39 is 0 Å². The van der Waals surface area contributed by atoms with E-state index in [9.17, 15) is 0 Å². The monoisotopic (exact) mass is 264 g/mol. The molecular weight excluding hydrogens is 240 g/mol. The van der Waals surface area contributed by atoms with Crippen molar-refractivity contribution in [1.29, 1.82) is 0 Å². The minimum Gasteiger partial charge on any atom is -0.493 e. The van der Waals surface area contributed by atoms with Crippen LogP contribution in [0.25, 0.3) is 0 Å². The Bertz CT molecular complexity index is 422. The minimum atomic E-state index is 0.248. The molecule has 0 aromatic carbocycles. The maximum atomic E-state index is 5.60. The lowest BCUT2D eigenvalue weighted by atomic mass is 10.0. The van der Waals surface area contributed by atoms with Gasteiger partial charge in [0.15, 0.2) is 5.75 Å². The van der Waals surface area contributed by atoms with Gasteiger partial charge in [-0.25, -0.2) is 9.97 Å². The SMILES string of the molecule is COc1c(C(C)C)ncnc1C1CNCCCN1C. The van der Waals surface area contributed by atoms with E-state index in [4.69, 9.17) is 4.74 Å². The van der Waals surface area contributed by atoms with Crippen molar-refractivity contribution in [1.82, 2.24) is 20.2 Å².